The van der Waals surface area contributed by atoms with Crippen molar-refractivity contribution in [3.63, 3.8) is 0 Å². The average Bonchev–Trinajstić information content (AvgIpc) is 3.55. The van der Waals surface area contributed by atoms with Crippen LogP contribution in [0.5, 0.6) is 0 Å². The maximum atomic E-state index is 11.6. The van der Waals surface area contributed by atoms with Gasteiger partial charge >= 0.3 is 6.03 Å². The van der Waals surface area contributed by atoms with Crippen LogP contribution >= 0.6 is 0 Å². The highest BCUT2D eigenvalue weighted by atomic mass is 16.2. The van der Waals surface area contributed by atoms with Crippen LogP contribution < -0.4 is 16.0 Å². The van der Waals surface area contributed by atoms with E-state index in [1.165, 1.54) is 18.4 Å². The molecular weight excluding hydrogens is 480 g/mol. The molecular formula is C27H36N10O. The Hall–Kier alpha value is -3.89. The van der Waals surface area contributed by atoms with Crippen LogP contribution in [0.2, 0.25) is 0 Å². The third-order valence-corrected chi connectivity index (χ3v) is 8.03. The summed E-state index contributed by atoms with van der Waals surface area (Å²) < 4.78 is 4.08. The van der Waals surface area contributed by atoms with Gasteiger partial charge in [-0.1, -0.05) is 13.0 Å². The summed E-state index contributed by atoms with van der Waals surface area (Å²) in [6.07, 6.45) is 7.12. The Bertz CT molecular complexity index is 1460. The fourth-order valence-corrected chi connectivity index (χ4v) is 5.43. The molecule has 6 rings (SSSR count). The van der Waals surface area contributed by atoms with E-state index in [1.807, 2.05) is 21.8 Å². The molecule has 1 saturated heterocycles. The summed E-state index contributed by atoms with van der Waals surface area (Å²) in [7, 11) is 0. The molecule has 1 saturated carbocycles. The first-order chi connectivity index (χ1) is 18.5. The van der Waals surface area contributed by atoms with Crippen LogP contribution in [0.25, 0.3) is 21.9 Å². The highest BCUT2D eigenvalue weighted by Gasteiger charge is 2.34. The van der Waals surface area contributed by atoms with Crippen LogP contribution in [0.1, 0.15) is 57.7 Å². The first kappa shape index (κ1) is 24.4. The van der Waals surface area contributed by atoms with Crippen molar-refractivity contribution in [1.82, 2.24) is 34.4 Å². The molecule has 4 aromatic rings. The van der Waals surface area contributed by atoms with Crippen LogP contribution in [0, 0.1) is 5.92 Å². The van der Waals surface area contributed by atoms with Gasteiger partial charge in [-0.05, 0) is 56.7 Å². The Morgan fingerprint density at radius 3 is 2.58 bits per heavy atom. The van der Waals surface area contributed by atoms with Crippen molar-refractivity contribution < 1.29 is 4.79 Å². The van der Waals surface area contributed by atoms with Crippen LogP contribution in [-0.2, 0) is 6.54 Å². The second-order valence-corrected chi connectivity index (χ2v) is 10.5. The molecule has 4 heterocycles. The van der Waals surface area contributed by atoms with Gasteiger partial charge in [-0.2, -0.15) is 15.2 Å². The second kappa shape index (κ2) is 9.77. The predicted octanol–water partition coefficient (Wildman–Crippen LogP) is 3.93. The molecule has 3 aromatic heterocycles. The molecule has 200 valence electrons. The Morgan fingerprint density at radius 1 is 1.11 bits per heavy atom. The van der Waals surface area contributed by atoms with Gasteiger partial charge in [0.25, 0.3) is 0 Å². The number of carbonyl (C=O) groups is 1. The smallest absolute Gasteiger partial charge is 0.314 e. The fraction of sp³-hybridized carbons (Fsp3) is 0.519. The number of nitrogens with two attached hydrogens (primary N) is 1. The molecule has 38 heavy (non-hydrogen) atoms. The molecule has 2 atom stereocenters. The Balaban J connectivity index is 1.39. The van der Waals surface area contributed by atoms with Gasteiger partial charge in [-0.15, -0.1) is 0 Å². The molecule has 1 aliphatic heterocycles. The second-order valence-electron chi connectivity index (χ2n) is 10.5. The molecule has 3 N–H and O–H groups in total. The minimum atomic E-state index is -0.382. The zero-order valence-corrected chi connectivity index (χ0v) is 22.3. The SMILES string of the molecule is CCC(C)n1ncc2nc(N3CCN(C(N)=O)CC3)nc(NC(c3ccc4c(cnn4CC)c3)C3CC3)c21. The van der Waals surface area contributed by atoms with Crippen molar-refractivity contribution in [2.75, 3.05) is 36.4 Å². The number of benzene rings is 1. The Kier molecular flexibility index (Phi) is 6.29. The van der Waals surface area contributed by atoms with Crippen molar-refractivity contribution in [3.05, 3.63) is 36.2 Å². The molecule has 11 heteroatoms. The van der Waals surface area contributed by atoms with Crippen molar-refractivity contribution >= 4 is 39.7 Å². The predicted molar refractivity (Wildman–Crippen MR) is 148 cm³/mol. The van der Waals surface area contributed by atoms with E-state index >= 15 is 0 Å². The van der Waals surface area contributed by atoms with E-state index in [4.69, 9.17) is 20.8 Å². The van der Waals surface area contributed by atoms with E-state index < -0.39 is 0 Å². The number of hydrogen-bond donors (Lipinski definition) is 2. The van der Waals surface area contributed by atoms with Crippen molar-refractivity contribution in [3.8, 4) is 0 Å². The molecule has 2 fully saturated rings. The summed E-state index contributed by atoms with van der Waals surface area (Å²) in [6, 6.07) is 6.63. The van der Waals surface area contributed by atoms with Crippen molar-refractivity contribution in [1.29, 1.82) is 0 Å². The number of rotatable bonds is 8. The van der Waals surface area contributed by atoms with Gasteiger partial charge in [0.15, 0.2) is 5.82 Å². The number of fused-ring (bicyclic) bond motifs is 2. The minimum absolute atomic E-state index is 0.127. The van der Waals surface area contributed by atoms with Crippen LogP contribution in [-0.4, -0.2) is 66.6 Å². The van der Waals surface area contributed by atoms with E-state index in [1.54, 1.807) is 4.90 Å². The fourth-order valence-electron chi connectivity index (χ4n) is 5.43. The van der Waals surface area contributed by atoms with E-state index in [9.17, 15) is 4.79 Å². The lowest BCUT2D eigenvalue weighted by atomic mass is 10.0. The minimum Gasteiger partial charge on any atom is -0.361 e. The monoisotopic (exact) mass is 516 g/mol. The molecule has 0 bridgehead atoms. The van der Waals surface area contributed by atoms with Crippen LogP contribution in [0.3, 0.4) is 0 Å². The summed E-state index contributed by atoms with van der Waals surface area (Å²) in [5.74, 6) is 2.00. The Morgan fingerprint density at radius 2 is 1.89 bits per heavy atom. The standard InChI is InChI=1S/C27H36N10O/c1-4-17(3)37-24-21(16-30-37)31-27(35-12-10-34(11-13-35)26(28)38)33-25(24)32-23(18-6-7-18)19-8-9-22-20(14-19)15-29-36(22)5-2/h8-9,14-18,23H,4-7,10-13H2,1-3H3,(H2,28,38)(H,31,32,33). The number of urea groups is 1. The zero-order valence-electron chi connectivity index (χ0n) is 22.3. The quantitative estimate of drug-likeness (QED) is 0.364. The van der Waals surface area contributed by atoms with Gasteiger partial charge in [-0.25, -0.2) is 9.78 Å². The van der Waals surface area contributed by atoms with Gasteiger partial charge in [0.2, 0.25) is 5.95 Å². The zero-order chi connectivity index (χ0) is 26.4. The number of carbonyl (C=O) groups excluding carboxylic acids is 1. The molecule has 1 aromatic carbocycles. The van der Waals surface area contributed by atoms with Crippen LogP contribution in [0.15, 0.2) is 30.6 Å². The summed E-state index contributed by atoms with van der Waals surface area (Å²) in [5.41, 5.74) is 9.65. The summed E-state index contributed by atoms with van der Waals surface area (Å²) in [5, 5.41) is 14.3. The van der Waals surface area contributed by atoms with E-state index in [0.29, 0.717) is 38.0 Å². The number of anilines is 2. The number of amides is 2. The third-order valence-electron chi connectivity index (χ3n) is 8.03. The maximum absolute atomic E-state index is 11.6. The lowest BCUT2D eigenvalue weighted by molar-refractivity contribution is 0.204. The molecule has 2 aliphatic rings. The number of aryl methyl sites for hydroxylation is 1. The van der Waals surface area contributed by atoms with Gasteiger partial charge < -0.3 is 20.9 Å². The van der Waals surface area contributed by atoms with Crippen LogP contribution in [0.4, 0.5) is 16.6 Å². The number of piperazine rings is 1. The average molecular weight is 517 g/mol. The highest BCUT2D eigenvalue weighted by Crippen LogP contribution is 2.44. The normalized spacial score (nSPS) is 17.8. The summed E-state index contributed by atoms with van der Waals surface area (Å²) in [6.45, 7) is 9.68. The van der Waals surface area contributed by atoms with Gasteiger partial charge in [-0.3, -0.25) is 9.36 Å². The van der Waals surface area contributed by atoms with E-state index in [2.05, 4.69) is 54.3 Å². The number of hydrogen-bond acceptors (Lipinski definition) is 7. The Labute approximate surface area is 222 Å². The summed E-state index contributed by atoms with van der Waals surface area (Å²) in [4.78, 5) is 25.4. The van der Waals surface area contributed by atoms with E-state index in [0.717, 1.165) is 40.7 Å². The first-order valence-corrected chi connectivity index (χ1v) is 13.7. The number of nitrogens with zero attached hydrogens (tertiary/aromatic N) is 8. The largest absolute Gasteiger partial charge is 0.361 e. The molecule has 0 radical (unpaired) electrons. The lowest BCUT2D eigenvalue weighted by Gasteiger charge is -2.34. The van der Waals surface area contributed by atoms with Gasteiger partial charge in [0, 0.05) is 44.2 Å². The van der Waals surface area contributed by atoms with Gasteiger partial charge in [0.05, 0.1) is 24.0 Å². The number of nitrogens with one attached hydrogen (secondary N) is 1. The van der Waals surface area contributed by atoms with Crippen molar-refractivity contribution in [2.45, 2.75) is 58.7 Å². The highest BCUT2D eigenvalue weighted by molar-refractivity contribution is 5.87. The number of primary amides is 1. The molecule has 2 unspecified atom stereocenters. The molecule has 2 amide bonds. The van der Waals surface area contributed by atoms with Crippen molar-refractivity contribution in [2.24, 2.45) is 11.7 Å². The van der Waals surface area contributed by atoms with Gasteiger partial charge in [0.1, 0.15) is 11.0 Å². The molecule has 0 spiro atoms. The third kappa shape index (κ3) is 4.39. The topological polar surface area (TPSA) is 123 Å². The van der Waals surface area contributed by atoms with E-state index in [-0.39, 0.29) is 18.1 Å². The molecule has 1 aliphatic carbocycles. The lowest BCUT2D eigenvalue weighted by Crippen LogP contribution is -2.51. The first-order valence-electron chi connectivity index (χ1n) is 13.7. The maximum Gasteiger partial charge on any atom is 0.314 e. The summed E-state index contributed by atoms with van der Waals surface area (Å²) >= 11 is 0. The molecule has 11 nitrogen and oxygen atoms in total. The number of aromatic nitrogens is 6.